The summed E-state index contributed by atoms with van der Waals surface area (Å²) in [5.74, 6) is -1.65. The number of hydrogen-bond acceptors (Lipinski definition) is 4. The maximum absolute atomic E-state index is 13.5. The summed E-state index contributed by atoms with van der Waals surface area (Å²) in [4.78, 5) is 10.6. The zero-order valence-corrected chi connectivity index (χ0v) is 20.7. The third kappa shape index (κ3) is 6.30. The molecule has 0 saturated carbocycles. The predicted octanol–water partition coefficient (Wildman–Crippen LogP) is 0.0887. The minimum atomic E-state index is -1.34. The summed E-state index contributed by atoms with van der Waals surface area (Å²) >= 11 is 0. The van der Waals surface area contributed by atoms with Gasteiger partial charge in [0.05, 0.1) is 12.2 Å². The van der Waals surface area contributed by atoms with E-state index in [9.17, 15) is 24.5 Å². The van der Waals surface area contributed by atoms with E-state index in [1.54, 1.807) is 12.1 Å². The van der Waals surface area contributed by atoms with Crippen LogP contribution < -0.4 is 34.7 Å². The van der Waals surface area contributed by atoms with Crippen molar-refractivity contribution in [3.63, 3.8) is 0 Å². The van der Waals surface area contributed by atoms with Crippen molar-refractivity contribution < 1.29 is 54.1 Å². The molecule has 0 saturated heterocycles. The third-order valence-corrected chi connectivity index (χ3v) is 5.59. The second kappa shape index (κ2) is 11.8. The van der Waals surface area contributed by atoms with Gasteiger partial charge in [0.25, 0.3) is 0 Å². The van der Waals surface area contributed by atoms with Gasteiger partial charge in [0.2, 0.25) is 0 Å². The molecule has 0 fully saturated rings. The molecule has 0 spiro atoms. The van der Waals surface area contributed by atoms with Gasteiger partial charge in [0.15, 0.2) is 0 Å². The van der Waals surface area contributed by atoms with Crippen molar-refractivity contribution in [3.05, 3.63) is 77.4 Å². The Morgan fingerprint density at radius 3 is 2.22 bits per heavy atom. The summed E-state index contributed by atoms with van der Waals surface area (Å²) in [6.07, 6.45) is -1.64. The number of rotatable bonds is 9. The Hall–Kier alpha value is -1.96. The van der Waals surface area contributed by atoms with E-state index in [1.165, 1.54) is 12.1 Å². The van der Waals surface area contributed by atoms with E-state index in [2.05, 4.69) is 4.57 Å². The molecule has 0 radical (unpaired) electrons. The molecule has 2 aromatic carbocycles. The number of aliphatic carboxylic acids is 1. The van der Waals surface area contributed by atoms with Gasteiger partial charge in [-0.05, 0) is 68.5 Å². The molecule has 0 aliphatic heterocycles. The number of para-hydroxylation sites is 1. The summed E-state index contributed by atoms with van der Waals surface area (Å²) in [5.41, 5.74) is 5.95. The molecule has 0 aliphatic carbocycles. The van der Waals surface area contributed by atoms with Crippen molar-refractivity contribution >= 4 is 5.97 Å². The zero-order chi connectivity index (χ0) is 22.5. The van der Waals surface area contributed by atoms with Gasteiger partial charge in [-0.15, -0.1) is 0 Å². The van der Waals surface area contributed by atoms with Gasteiger partial charge in [-0.3, -0.25) is 0 Å². The molecule has 164 valence electrons. The normalized spacial score (nSPS) is 12.8. The Morgan fingerprint density at radius 1 is 1.00 bits per heavy atom. The molecule has 0 aliphatic rings. The number of aliphatic hydroxyl groups is 2. The number of hydrogen-bond donors (Lipinski definition) is 2. The molecule has 7 heteroatoms. The molecule has 3 aromatic rings. The summed E-state index contributed by atoms with van der Waals surface area (Å²) < 4.78 is 15.7. The molecule has 1 heterocycles. The van der Waals surface area contributed by atoms with Crippen LogP contribution in [0.25, 0.3) is 16.8 Å². The van der Waals surface area contributed by atoms with Crippen molar-refractivity contribution in [1.29, 1.82) is 0 Å². The maximum atomic E-state index is 13.5. The molecule has 0 amide bonds. The Morgan fingerprint density at radius 2 is 1.62 bits per heavy atom. The third-order valence-electron chi connectivity index (χ3n) is 5.59. The van der Waals surface area contributed by atoms with Crippen LogP contribution in [-0.2, 0) is 11.2 Å². The van der Waals surface area contributed by atoms with Gasteiger partial charge in [0.1, 0.15) is 5.82 Å². The van der Waals surface area contributed by atoms with Crippen molar-refractivity contribution in [3.8, 4) is 16.8 Å². The van der Waals surface area contributed by atoms with Crippen LogP contribution in [0.2, 0.25) is 0 Å². The molecule has 2 atom stereocenters. The minimum absolute atomic E-state index is 0. The number of halogens is 1. The molecular formula is C25H27FNNaO4. The fourth-order valence-electron chi connectivity index (χ4n) is 4.19. The maximum Gasteiger partial charge on any atom is 1.00 e. The average molecular weight is 447 g/mol. The first-order chi connectivity index (χ1) is 14.8. The van der Waals surface area contributed by atoms with Crippen LogP contribution >= 0.6 is 0 Å². The number of carboxylic acids is 1. The van der Waals surface area contributed by atoms with Gasteiger partial charge in [-0.2, -0.15) is 0 Å². The number of benzene rings is 2. The second-order valence-corrected chi connectivity index (χ2v) is 7.86. The number of aromatic nitrogens is 1. The van der Waals surface area contributed by atoms with Crippen molar-refractivity contribution in [2.24, 2.45) is 0 Å². The molecule has 1 aromatic heterocycles. The van der Waals surface area contributed by atoms with E-state index in [0.717, 1.165) is 33.8 Å². The molecule has 0 bridgehead atoms. The number of carbonyl (C=O) groups is 1. The average Bonchev–Trinajstić information content (AvgIpc) is 2.96. The van der Waals surface area contributed by atoms with Crippen LogP contribution in [0, 0.1) is 19.7 Å². The van der Waals surface area contributed by atoms with Crippen molar-refractivity contribution in [2.45, 2.75) is 51.7 Å². The number of carboxylic acid groups (broad SMARTS) is 1. The van der Waals surface area contributed by atoms with E-state index < -0.39 is 24.6 Å². The summed E-state index contributed by atoms with van der Waals surface area (Å²) in [7, 11) is 0. The summed E-state index contributed by atoms with van der Waals surface area (Å²) in [6.45, 7) is 4.03. The van der Waals surface area contributed by atoms with Gasteiger partial charge >= 0.3 is 29.6 Å². The van der Waals surface area contributed by atoms with Crippen LogP contribution in [0.1, 0.15) is 36.2 Å². The second-order valence-electron chi connectivity index (χ2n) is 7.86. The Labute approximate surface area is 209 Å². The van der Waals surface area contributed by atoms with Gasteiger partial charge in [-0.25, -0.2) is 4.39 Å². The molecule has 3 rings (SSSR count). The fourth-order valence-corrected chi connectivity index (χ4v) is 4.19. The minimum Gasteiger partial charge on any atom is -0.550 e. The topological polar surface area (TPSA) is 85.5 Å². The van der Waals surface area contributed by atoms with Crippen molar-refractivity contribution in [2.75, 3.05) is 0 Å². The standard InChI is InChI=1S/C25H28FNO4.Na/c1-16-23(13-12-21(28)14-22(29)15-24(30)31)25(18-8-10-19(26)11-9-18)17(2)27(16)20-6-4-3-5-7-20;/h3-11,21-22,28-29H,12-15H2,1-2H3,(H,30,31);/q;+1/p-1. The van der Waals surface area contributed by atoms with Gasteiger partial charge in [0, 0.05) is 35.0 Å². The van der Waals surface area contributed by atoms with Crippen LogP contribution in [-0.4, -0.2) is 33.0 Å². The first-order valence-corrected chi connectivity index (χ1v) is 10.4. The molecule has 2 unspecified atom stereocenters. The van der Waals surface area contributed by atoms with E-state index >= 15 is 0 Å². The van der Waals surface area contributed by atoms with Crippen molar-refractivity contribution in [1.82, 2.24) is 4.57 Å². The Kier molecular flexibility index (Phi) is 9.67. The molecule has 2 N–H and O–H groups in total. The fraction of sp³-hybridized carbons (Fsp3) is 0.320. The first kappa shape index (κ1) is 26.3. The SMILES string of the molecule is Cc1c(CCC(O)CC(O)CC(=O)[O-])c(-c2ccc(F)cc2)c(C)n1-c1ccccc1.[Na+]. The monoisotopic (exact) mass is 447 g/mol. The smallest absolute Gasteiger partial charge is 0.550 e. The van der Waals surface area contributed by atoms with E-state index in [-0.39, 0.29) is 41.8 Å². The zero-order valence-electron chi connectivity index (χ0n) is 18.7. The largest absolute Gasteiger partial charge is 1.00 e. The first-order valence-electron chi connectivity index (χ1n) is 10.4. The van der Waals surface area contributed by atoms with Crippen LogP contribution in [0.3, 0.4) is 0 Å². The van der Waals surface area contributed by atoms with Gasteiger partial charge in [-0.1, -0.05) is 30.3 Å². The van der Waals surface area contributed by atoms with E-state index in [0.29, 0.717) is 12.8 Å². The molecule has 32 heavy (non-hydrogen) atoms. The number of aliphatic hydroxyl groups excluding tert-OH is 2. The van der Waals surface area contributed by atoms with Gasteiger partial charge < -0.3 is 24.7 Å². The summed E-state index contributed by atoms with van der Waals surface area (Å²) in [6, 6.07) is 16.3. The van der Waals surface area contributed by atoms with Crippen LogP contribution in [0.5, 0.6) is 0 Å². The molecular weight excluding hydrogens is 420 g/mol. The summed E-state index contributed by atoms with van der Waals surface area (Å²) in [5, 5.41) is 30.8. The predicted molar refractivity (Wildman–Crippen MR) is 115 cm³/mol. The van der Waals surface area contributed by atoms with E-state index in [1.807, 2.05) is 44.2 Å². The quantitative estimate of drug-likeness (QED) is 0.456. The Bertz CT molecular complexity index is 1030. The van der Waals surface area contributed by atoms with Crippen LogP contribution in [0.4, 0.5) is 4.39 Å². The van der Waals surface area contributed by atoms with Crippen LogP contribution in [0.15, 0.2) is 54.6 Å². The molecule has 5 nitrogen and oxygen atoms in total. The number of nitrogens with zero attached hydrogens (tertiary/aromatic N) is 1. The Balaban J connectivity index is 0.00000363. The van der Waals surface area contributed by atoms with E-state index in [4.69, 9.17) is 0 Å². The number of carbonyl (C=O) groups excluding carboxylic acids is 1.